The lowest BCUT2D eigenvalue weighted by molar-refractivity contribution is 0.0367. The Balaban J connectivity index is 1.59. The third kappa shape index (κ3) is 5.17. The molecule has 0 bridgehead atoms. The fraction of sp³-hybridized carbons (Fsp3) is 0.550. The summed E-state index contributed by atoms with van der Waals surface area (Å²) in [6.07, 6.45) is 0.889. The molecule has 4 rings (SSSR count). The van der Waals surface area contributed by atoms with E-state index in [1.54, 1.807) is 0 Å². The average molecular weight is 471 g/mol. The normalized spacial score (nSPS) is 22.3. The Hall–Kier alpha value is -1.79. The molecule has 1 unspecified atom stereocenters. The Bertz CT molecular complexity index is 1200. The molecule has 2 saturated heterocycles. The Morgan fingerprint density at radius 3 is 2.61 bits per heavy atom. The zero-order chi connectivity index (χ0) is 22.1. The summed E-state index contributed by atoms with van der Waals surface area (Å²) < 4.78 is 62.9. The summed E-state index contributed by atoms with van der Waals surface area (Å²) in [6.45, 7) is 3.90. The van der Waals surface area contributed by atoms with Crippen LogP contribution in [0.5, 0.6) is 0 Å². The molecule has 170 valence electrons. The van der Waals surface area contributed by atoms with Crippen LogP contribution in [0.3, 0.4) is 0 Å². The van der Waals surface area contributed by atoms with Gasteiger partial charge in [0.25, 0.3) is 0 Å². The van der Waals surface area contributed by atoms with Crippen LogP contribution in [0.4, 0.5) is 0 Å². The Kier molecular flexibility index (Phi) is 6.50. The van der Waals surface area contributed by atoms with Crippen LogP contribution in [0, 0.1) is 0 Å². The Labute approximate surface area is 181 Å². The van der Waals surface area contributed by atoms with Crippen molar-refractivity contribution in [3.8, 4) is 0 Å². The molecule has 2 aromatic rings. The summed E-state index contributed by atoms with van der Waals surface area (Å²) in [5.41, 5.74) is -0.210. The van der Waals surface area contributed by atoms with Crippen LogP contribution in [-0.4, -0.2) is 83.0 Å². The molecule has 31 heavy (non-hydrogen) atoms. The van der Waals surface area contributed by atoms with Gasteiger partial charge in [-0.25, -0.2) is 21.6 Å². The molecular weight excluding hydrogens is 444 g/mol. The molecule has 1 aromatic carbocycles. The Morgan fingerprint density at radius 2 is 1.90 bits per heavy atom. The molecule has 2 aliphatic rings. The maximum absolute atomic E-state index is 13.5. The average Bonchev–Trinajstić information content (AvgIpc) is 3.10. The van der Waals surface area contributed by atoms with Gasteiger partial charge in [0.15, 0.2) is 9.84 Å². The molecule has 0 spiro atoms. The van der Waals surface area contributed by atoms with Gasteiger partial charge in [0, 0.05) is 37.1 Å². The molecular formula is C20H26N2O7S2. The molecule has 2 fully saturated rings. The number of rotatable bonds is 7. The summed E-state index contributed by atoms with van der Waals surface area (Å²) >= 11 is 0. The maximum atomic E-state index is 13.5. The first-order chi connectivity index (χ1) is 14.7. The number of fused-ring (bicyclic) bond motifs is 1. The van der Waals surface area contributed by atoms with E-state index in [9.17, 15) is 21.6 Å². The van der Waals surface area contributed by atoms with E-state index in [0.717, 1.165) is 19.6 Å². The molecule has 1 atom stereocenters. The van der Waals surface area contributed by atoms with Crippen LogP contribution < -0.4 is 5.63 Å². The van der Waals surface area contributed by atoms with Crippen molar-refractivity contribution in [3.05, 3.63) is 40.8 Å². The quantitative estimate of drug-likeness (QED) is 0.543. The van der Waals surface area contributed by atoms with Crippen LogP contribution in [0.2, 0.25) is 0 Å². The van der Waals surface area contributed by atoms with Gasteiger partial charge in [-0.3, -0.25) is 4.90 Å². The van der Waals surface area contributed by atoms with Crippen molar-refractivity contribution in [2.75, 3.05) is 50.9 Å². The van der Waals surface area contributed by atoms with Crippen LogP contribution in [0.25, 0.3) is 11.0 Å². The highest BCUT2D eigenvalue weighted by Crippen LogP contribution is 2.27. The molecule has 0 amide bonds. The van der Waals surface area contributed by atoms with E-state index in [1.807, 2.05) is 0 Å². The van der Waals surface area contributed by atoms with Crippen molar-refractivity contribution >= 4 is 30.8 Å². The molecule has 1 aromatic heterocycles. The molecule has 11 heteroatoms. The molecule has 3 heterocycles. The van der Waals surface area contributed by atoms with Crippen molar-refractivity contribution in [3.63, 3.8) is 0 Å². The molecule has 0 saturated carbocycles. The topological polar surface area (TPSA) is 114 Å². The zero-order valence-corrected chi connectivity index (χ0v) is 18.7. The first kappa shape index (κ1) is 22.4. The predicted octanol–water partition coefficient (Wildman–Crippen LogP) is 0.693. The molecule has 0 N–H and O–H groups in total. The molecule has 0 radical (unpaired) electrons. The Morgan fingerprint density at radius 1 is 1.13 bits per heavy atom. The molecule has 9 nitrogen and oxygen atoms in total. The smallest absolute Gasteiger partial charge is 0.336 e. The van der Waals surface area contributed by atoms with Crippen molar-refractivity contribution < 1.29 is 26.0 Å². The van der Waals surface area contributed by atoms with Gasteiger partial charge in [0.05, 0.1) is 29.6 Å². The number of ether oxygens (including phenoxy) is 1. The third-order valence-electron chi connectivity index (χ3n) is 5.77. The fourth-order valence-electron chi connectivity index (χ4n) is 4.12. The zero-order valence-electron chi connectivity index (χ0n) is 17.1. The van der Waals surface area contributed by atoms with Gasteiger partial charge in [-0.1, -0.05) is 0 Å². The van der Waals surface area contributed by atoms with Gasteiger partial charge < -0.3 is 9.15 Å². The van der Waals surface area contributed by atoms with Crippen LogP contribution >= 0.6 is 0 Å². The van der Waals surface area contributed by atoms with Crippen LogP contribution in [0.15, 0.2) is 44.4 Å². The first-order valence-electron chi connectivity index (χ1n) is 10.3. The lowest BCUT2D eigenvalue weighted by Gasteiger charge is -2.30. The lowest BCUT2D eigenvalue weighted by Crippen LogP contribution is -2.43. The predicted molar refractivity (Wildman–Crippen MR) is 115 cm³/mol. The van der Waals surface area contributed by atoms with E-state index in [-0.39, 0.29) is 22.9 Å². The van der Waals surface area contributed by atoms with Crippen molar-refractivity contribution in [1.82, 2.24) is 9.21 Å². The van der Waals surface area contributed by atoms with Gasteiger partial charge in [-0.05, 0) is 43.7 Å². The largest absolute Gasteiger partial charge is 0.423 e. The number of sulfonamides is 1. The minimum atomic E-state index is -3.93. The molecule has 2 aliphatic heterocycles. The molecule has 0 aliphatic carbocycles. The van der Waals surface area contributed by atoms with Gasteiger partial charge in [0.1, 0.15) is 5.58 Å². The van der Waals surface area contributed by atoms with Crippen molar-refractivity contribution in [2.24, 2.45) is 0 Å². The van der Waals surface area contributed by atoms with E-state index < -0.39 is 31.5 Å². The highest BCUT2D eigenvalue weighted by Gasteiger charge is 2.38. The SMILES string of the molecule is O=c1ccc2cc(S(=O)(=O)N(CCCN3CCOCC3)C3CCS(=O)(=O)C3)ccc2o1. The lowest BCUT2D eigenvalue weighted by atomic mass is 10.2. The standard InChI is InChI=1S/C20H26N2O7S2/c23-20-5-2-16-14-18(3-4-19(16)29-20)31(26,27)22(17-6-13-30(24,25)15-17)8-1-7-21-9-11-28-12-10-21/h2-5,14,17H,1,6-13,15H2. The maximum Gasteiger partial charge on any atom is 0.336 e. The van der Waals surface area contributed by atoms with Crippen LogP contribution in [-0.2, 0) is 24.6 Å². The third-order valence-corrected chi connectivity index (χ3v) is 9.47. The second-order valence-corrected chi connectivity index (χ2v) is 12.1. The van der Waals surface area contributed by atoms with E-state index in [4.69, 9.17) is 9.15 Å². The summed E-state index contributed by atoms with van der Waals surface area (Å²) in [4.78, 5) is 13.7. The van der Waals surface area contributed by atoms with E-state index >= 15 is 0 Å². The monoisotopic (exact) mass is 470 g/mol. The number of sulfone groups is 1. The van der Waals surface area contributed by atoms with Gasteiger partial charge in [-0.2, -0.15) is 4.31 Å². The number of benzene rings is 1. The summed E-state index contributed by atoms with van der Waals surface area (Å²) in [5, 5.41) is 0.494. The number of morpholine rings is 1. The highest BCUT2D eigenvalue weighted by atomic mass is 32.2. The van der Waals surface area contributed by atoms with Gasteiger partial charge >= 0.3 is 5.63 Å². The minimum absolute atomic E-state index is 0.00394. The number of nitrogens with zero attached hydrogens (tertiary/aromatic N) is 2. The van der Waals surface area contributed by atoms with Crippen molar-refractivity contribution in [2.45, 2.75) is 23.8 Å². The summed E-state index contributed by atoms with van der Waals surface area (Å²) in [5.74, 6) is -0.164. The summed E-state index contributed by atoms with van der Waals surface area (Å²) in [6, 6.07) is 6.50. The van der Waals surface area contributed by atoms with E-state index in [2.05, 4.69) is 4.90 Å². The van der Waals surface area contributed by atoms with E-state index in [1.165, 1.54) is 34.6 Å². The van der Waals surface area contributed by atoms with Gasteiger partial charge in [0.2, 0.25) is 10.0 Å². The summed E-state index contributed by atoms with van der Waals surface area (Å²) in [7, 11) is -7.18. The number of hydrogen-bond donors (Lipinski definition) is 0. The first-order valence-corrected chi connectivity index (χ1v) is 13.6. The van der Waals surface area contributed by atoms with E-state index in [0.29, 0.717) is 37.0 Å². The van der Waals surface area contributed by atoms with Crippen molar-refractivity contribution in [1.29, 1.82) is 0 Å². The van der Waals surface area contributed by atoms with Gasteiger partial charge in [-0.15, -0.1) is 0 Å². The second kappa shape index (κ2) is 8.99. The fourth-order valence-corrected chi connectivity index (χ4v) is 7.68. The highest BCUT2D eigenvalue weighted by molar-refractivity contribution is 7.92. The van der Waals surface area contributed by atoms with Crippen LogP contribution in [0.1, 0.15) is 12.8 Å². The number of hydrogen-bond acceptors (Lipinski definition) is 8. The second-order valence-electron chi connectivity index (χ2n) is 7.93. The minimum Gasteiger partial charge on any atom is -0.423 e.